The Morgan fingerprint density at radius 2 is 1.72 bits per heavy atom. The molecule has 1 unspecified atom stereocenters. The van der Waals surface area contributed by atoms with Crippen molar-refractivity contribution < 1.29 is 9.36 Å². The molecular formula is C24H20N3OS+. The second kappa shape index (κ2) is 7.60. The first-order valence-corrected chi connectivity index (χ1v) is 10.5. The summed E-state index contributed by atoms with van der Waals surface area (Å²) in [6.07, 6.45) is 3.22. The largest absolute Gasteiger partial charge is 0.359 e. The van der Waals surface area contributed by atoms with Gasteiger partial charge in [-0.2, -0.15) is 4.57 Å². The van der Waals surface area contributed by atoms with Crippen LogP contribution in [0.3, 0.4) is 0 Å². The molecule has 1 aliphatic heterocycles. The van der Waals surface area contributed by atoms with E-state index in [1.54, 1.807) is 15.9 Å². The van der Waals surface area contributed by atoms with Gasteiger partial charge >= 0.3 is 11.7 Å². The minimum absolute atomic E-state index is 0.0716. The maximum Gasteiger partial charge on any atom is 0.359 e. The Morgan fingerprint density at radius 3 is 2.45 bits per heavy atom. The molecule has 29 heavy (non-hydrogen) atoms. The lowest BCUT2D eigenvalue weighted by Crippen LogP contribution is -2.44. The van der Waals surface area contributed by atoms with Gasteiger partial charge in [-0.25, -0.2) is 9.78 Å². The maximum absolute atomic E-state index is 13.2. The van der Waals surface area contributed by atoms with Crippen LogP contribution in [-0.4, -0.2) is 16.9 Å². The van der Waals surface area contributed by atoms with Gasteiger partial charge in [0.2, 0.25) is 0 Å². The van der Waals surface area contributed by atoms with E-state index in [0.717, 1.165) is 22.8 Å². The van der Waals surface area contributed by atoms with Crippen molar-refractivity contribution in [1.82, 2.24) is 4.98 Å². The standard InChI is InChI=1S/C24H19N3OS/c28-24-21(15-19-12-7-13-29-19)26-23-20(14-17-8-3-1-4-9-17)25-22(16-27(23)24)18-10-5-2-6-11-18/h1-13,16,21H,14-15H2/p+1. The number of aromatic nitrogens is 2. The van der Waals surface area contributed by atoms with Gasteiger partial charge in [0.1, 0.15) is 17.6 Å². The molecule has 0 saturated heterocycles. The predicted molar refractivity (Wildman–Crippen MR) is 115 cm³/mol. The number of anilines is 1. The molecule has 0 radical (unpaired) electrons. The molecule has 0 spiro atoms. The van der Waals surface area contributed by atoms with E-state index in [4.69, 9.17) is 4.98 Å². The number of hydrogen-bond acceptors (Lipinski definition) is 4. The van der Waals surface area contributed by atoms with E-state index < -0.39 is 0 Å². The third kappa shape index (κ3) is 3.57. The highest BCUT2D eigenvalue weighted by Gasteiger charge is 2.41. The van der Waals surface area contributed by atoms with Gasteiger partial charge < -0.3 is 0 Å². The molecule has 0 amide bonds. The lowest BCUT2D eigenvalue weighted by Gasteiger charge is -2.07. The molecule has 4 nitrogen and oxygen atoms in total. The highest BCUT2D eigenvalue weighted by molar-refractivity contribution is 7.09. The fourth-order valence-electron chi connectivity index (χ4n) is 3.70. The van der Waals surface area contributed by atoms with E-state index in [-0.39, 0.29) is 11.9 Å². The molecule has 1 N–H and O–H groups in total. The number of thiophene rings is 1. The van der Waals surface area contributed by atoms with E-state index in [2.05, 4.69) is 23.5 Å². The van der Waals surface area contributed by atoms with Crippen molar-refractivity contribution in [2.24, 2.45) is 0 Å². The summed E-state index contributed by atoms with van der Waals surface area (Å²) in [5.41, 5.74) is 3.88. The van der Waals surface area contributed by atoms with Crippen LogP contribution in [0, 0.1) is 0 Å². The van der Waals surface area contributed by atoms with Crippen LogP contribution in [0.2, 0.25) is 0 Å². The number of rotatable bonds is 5. The maximum atomic E-state index is 13.2. The van der Waals surface area contributed by atoms with E-state index in [0.29, 0.717) is 12.8 Å². The molecule has 0 fully saturated rings. The van der Waals surface area contributed by atoms with E-state index in [9.17, 15) is 4.79 Å². The molecule has 142 valence electrons. The third-order valence-corrected chi connectivity index (χ3v) is 6.04. The summed E-state index contributed by atoms with van der Waals surface area (Å²) in [5.74, 6) is 0.877. The second-order valence-electron chi connectivity index (χ2n) is 7.14. The predicted octanol–water partition coefficient (Wildman–Crippen LogP) is 4.37. The zero-order valence-electron chi connectivity index (χ0n) is 15.8. The minimum atomic E-state index is -0.268. The van der Waals surface area contributed by atoms with E-state index in [1.807, 2.05) is 66.2 Å². The normalized spacial score (nSPS) is 15.2. The Morgan fingerprint density at radius 1 is 0.966 bits per heavy atom. The third-order valence-electron chi connectivity index (χ3n) is 5.14. The highest BCUT2D eigenvalue weighted by Crippen LogP contribution is 2.25. The van der Waals surface area contributed by atoms with Crippen molar-refractivity contribution in [2.45, 2.75) is 18.9 Å². The van der Waals surface area contributed by atoms with Crippen molar-refractivity contribution in [2.75, 3.05) is 5.32 Å². The summed E-state index contributed by atoms with van der Waals surface area (Å²) in [4.78, 5) is 19.3. The first kappa shape index (κ1) is 17.8. The van der Waals surface area contributed by atoms with Crippen molar-refractivity contribution in [3.05, 3.63) is 101 Å². The molecule has 1 atom stereocenters. The fourth-order valence-corrected chi connectivity index (χ4v) is 4.46. The van der Waals surface area contributed by atoms with E-state index >= 15 is 0 Å². The highest BCUT2D eigenvalue weighted by atomic mass is 32.1. The SMILES string of the molecule is O=C1C(Cc2cccs2)Nc2c(Cc3ccccc3)nc(-c3ccccc3)c[n+]21. The molecule has 2 aromatic heterocycles. The number of hydrogen-bond donors (Lipinski definition) is 1. The molecule has 0 aliphatic carbocycles. The average molecular weight is 399 g/mol. The molecule has 5 rings (SSSR count). The van der Waals surface area contributed by atoms with Crippen LogP contribution in [0.1, 0.15) is 20.9 Å². The summed E-state index contributed by atoms with van der Waals surface area (Å²) < 4.78 is 1.76. The number of fused-ring (bicyclic) bond motifs is 1. The Hall–Kier alpha value is -3.31. The number of nitrogens with one attached hydrogen (secondary N) is 1. The Balaban J connectivity index is 1.56. The van der Waals surface area contributed by atoms with Crippen LogP contribution in [0.15, 0.2) is 84.4 Å². The van der Waals surface area contributed by atoms with Crippen LogP contribution < -0.4 is 9.88 Å². The quantitative estimate of drug-likeness (QED) is 0.508. The second-order valence-corrected chi connectivity index (χ2v) is 8.17. The van der Waals surface area contributed by atoms with Gasteiger partial charge in [-0.15, -0.1) is 11.3 Å². The van der Waals surface area contributed by atoms with Crippen molar-refractivity contribution in [3.8, 4) is 11.3 Å². The zero-order chi connectivity index (χ0) is 19.6. The Labute approximate surface area is 173 Å². The lowest BCUT2D eigenvalue weighted by molar-refractivity contribution is -0.552. The summed E-state index contributed by atoms with van der Waals surface area (Å²) in [5, 5.41) is 5.49. The van der Waals surface area contributed by atoms with Crippen LogP contribution in [-0.2, 0) is 12.8 Å². The molecule has 0 saturated carbocycles. The van der Waals surface area contributed by atoms with Gasteiger partial charge in [0.25, 0.3) is 0 Å². The summed E-state index contributed by atoms with van der Waals surface area (Å²) >= 11 is 1.68. The topological polar surface area (TPSA) is 45.9 Å². The van der Waals surface area contributed by atoms with Gasteiger partial charge in [-0.05, 0) is 17.0 Å². The van der Waals surface area contributed by atoms with E-state index in [1.165, 1.54) is 10.4 Å². The number of carbonyl (C=O) groups is 1. The molecule has 1 aliphatic rings. The number of benzene rings is 2. The Bertz CT molecular complexity index is 1140. The lowest BCUT2D eigenvalue weighted by atomic mass is 10.1. The minimum Gasteiger partial charge on any atom is -0.258 e. The first-order valence-electron chi connectivity index (χ1n) is 9.66. The summed E-state index contributed by atoms with van der Waals surface area (Å²) in [6.45, 7) is 0. The summed E-state index contributed by atoms with van der Waals surface area (Å²) in [6, 6.07) is 24.1. The Kier molecular flexibility index (Phi) is 4.66. The molecule has 3 heterocycles. The molecule has 5 heteroatoms. The average Bonchev–Trinajstić information content (AvgIpc) is 3.38. The van der Waals surface area contributed by atoms with Crippen LogP contribution in [0.25, 0.3) is 11.3 Å². The van der Waals surface area contributed by atoms with Crippen LogP contribution >= 0.6 is 11.3 Å². The molecular weight excluding hydrogens is 378 g/mol. The monoisotopic (exact) mass is 398 g/mol. The molecule has 2 aromatic carbocycles. The van der Waals surface area contributed by atoms with Gasteiger partial charge in [0.15, 0.2) is 6.04 Å². The van der Waals surface area contributed by atoms with Crippen molar-refractivity contribution in [3.63, 3.8) is 0 Å². The summed E-state index contributed by atoms with van der Waals surface area (Å²) in [7, 11) is 0. The number of nitrogens with zero attached hydrogens (tertiary/aromatic N) is 2. The molecule has 0 bridgehead atoms. The first-order chi connectivity index (χ1) is 14.3. The van der Waals surface area contributed by atoms with Crippen molar-refractivity contribution in [1.29, 1.82) is 0 Å². The molecule has 4 aromatic rings. The fraction of sp³-hybridized carbons (Fsp3) is 0.125. The van der Waals surface area contributed by atoms with Crippen molar-refractivity contribution >= 4 is 23.1 Å². The zero-order valence-corrected chi connectivity index (χ0v) is 16.6. The van der Waals surface area contributed by atoms with Gasteiger partial charge in [0, 0.05) is 23.3 Å². The number of carbonyl (C=O) groups excluding carboxylic acids is 1. The smallest absolute Gasteiger partial charge is 0.258 e. The van der Waals surface area contributed by atoms with Crippen LogP contribution in [0.5, 0.6) is 0 Å². The van der Waals surface area contributed by atoms with Crippen LogP contribution in [0.4, 0.5) is 5.82 Å². The van der Waals surface area contributed by atoms with Gasteiger partial charge in [-0.3, -0.25) is 5.32 Å². The van der Waals surface area contributed by atoms with Gasteiger partial charge in [0.05, 0.1) is 0 Å². The van der Waals surface area contributed by atoms with Gasteiger partial charge in [-0.1, -0.05) is 66.7 Å².